The number of hydrogen-bond acceptors (Lipinski definition) is 7. The van der Waals surface area contributed by atoms with E-state index in [2.05, 4.69) is 10.5 Å². The summed E-state index contributed by atoms with van der Waals surface area (Å²) in [5.41, 5.74) is -1.88. The molecule has 2 bridgehead atoms. The highest BCUT2D eigenvalue weighted by Crippen LogP contribution is 2.45. The largest absolute Gasteiger partial charge is 0.503 e. The Labute approximate surface area is 210 Å². The Hall–Kier alpha value is -3.96. The Bertz CT molecular complexity index is 1380. The lowest BCUT2D eigenvalue weighted by Gasteiger charge is -2.40. The molecular formula is C25H26F2N4O6. The fraction of sp³-hybridized carbons (Fsp3) is 0.440. The van der Waals surface area contributed by atoms with Crippen LogP contribution in [0, 0.1) is 18.6 Å². The molecule has 1 fully saturated rings. The number of hydrogen-bond donors (Lipinski definition) is 2. The normalized spacial score (nSPS) is 24.2. The van der Waals surface area contributed by atoms with Crippen LogP contribution in [0.4, 0.5) is 8.78 Å². The van der Waals surface area contributed by atoms with Gasteiger partial charge in [0.1, 0.15) is 23.2 Å². The van der Waals surface area contributed by atoms with Crippen LogP contribution in [0.15, 0.2) is 28.3 Å². The summed E-state index contributed by atoms with van der Waals surface area (Å²) in [7, 11) is 0. The Kier molecular flexibility index (Phi) is 5.92. The summed E-state index contributed by atoms with van der Waals surface area (Å²) >= 11 is 0. The second-order valence-electron chi connectivity index (χ2n) is 9.57. The molecule has 0 radical (unpaired) electrons. The molecule has 0 saturated carbocycles. The maximum atomic E-state index is 14.2. The van der Waals surface area contributed by atoms with Gasteiger partial charge in [-0.3, -0.25) is 14.4 Å². The van der Waals surface area contributed by atoms with Gasteiger partial charge < -0.3 is 29.5 Å². The van der Waals surface area contributed by atoms with Crippen molar-refractivity contribution < 1.29 is 33.1 Å². The lowest BCUT2D eigenvalue weighted by atomic mass is 9.99. The van der Waals surface area contributed by atoms with Crippen LogP contribution in [0.2, 0.25) is 0 Å². The molecule has 1 aromatic heterocycles. The van der Waals surface area contributed by atoms with E-state index in [1.807, 2.05) is 13.8 Å². The molecule has 12 heteroatoms. The number of nitrogens with one attached hydrogen (secondary N) is 1. The number of fused-ring (bicyclic) bond motifs is 5. The first-order valence-corrected chi connectivity index (χ1v) is 12.0. The lowest BCUT2D eigenvalue weighted by molar-refractivity contribution is -0.195. The van der Waals surface area contributed by atoms with Crippen LogP contribution in [0.25, 0.3) is 0 Å². The van der Waals surface area contributed by atoms with Gasteiger partial charge in [-0.2, -0.15) is 0 Å². The van der Waals surface area contributed by atoms with Crippen molar-refractivity contribution in [3.63, 3.8) is 0 Å². The Balaban J connectivity index is 1.55. The minimum atomic E-state index is -1.31. The van der Waals surface area contributed by atoms with Gasteiger partial charge in [0.05, 0.1) is 0 Å². The Morgan fingerprint density at radius 2 is 2.00 bits per heavy atom. The number of aromatic hydroxyl groups is 1. The highest BCUT2D eigenvalue weighted by Gasteiger charge is 2.56. The molecule has 1 aromatic carbocycles. The fourth-order valence-corrected chi connectivity index (χ4v) is 5.09. The maximum Gasteiger partial charge on any atom is 0.299 e. The van der Waals surface area contributed by atoms with Crippen LogP contribution >= 0.6 is 0 Å². The molecular weight excluding hydrogens is 490 g/mol. The molecule has 10 nitrogen and oxygen atoms in total. The summed E-state index contributed by atoms with van der Waals surface area (Å²) in [5, 5.41) is 17.2. The van der Waals surface area contributed by atoms with E-state index in [1.165, 1.54) is 16.4 Å². The molecule has 5 rings (SSSR count). The van der Waals surface area contributed by atoms with Gasteiger partial charge in [0.2, 0.25) is 11.3 Å². The smallest absolute Gasteiger partial charge is 0.299 e. The third kappa shape index (κ3) is 3.91. The van der Waals surface area contributed by atoms with Gasteiger partial charge in [0.15, 0.2) is 11.4 Å². The van der Waals surface area contributed by atoms with E-state index in [4.69, 9.17) is 9.57 Å². The first-order valence-electron chi connectivity index (χ1n) is 12.0. The zero-order valence-electron chi connectivity index (χ0n) is 20.5. The molecule has 3 aliphatic heterocycles. The number of aromatic nitrogens is 1. The maximum absolute atomic E-state index is 14.2. The molecule has 1 spiro atoms. The number of benzene rings is 1. The summed E-state index contributed by atoms with van der Waals surface area (Å²) < 4.78 is 35.9. The van der Waals surface area contributed by atoms with Gasteiger partial charge in [-0.25, -0.2) is 8.78 Å². The quantitative estimate of drug-likeness (QED) is 0.645. The number of carbonyl (C=O) groups excluding carboxylic acids is 2. The average molecular weight is 517 g/mol. The second kappa shape index (κ2) is 8.86. The van der Waals surface area contributed by atoms with Crippen molar-refractivity contribution in [1.82, 2.24) is 14.8 Å². The number of carbonyl (C=O) groups is 2. The molecule has 3 aliphatic rings. The van der Waals surface area contributed by atoms with E-state index >= 15 is 0 Å². The van der Waals surface area contributed by atoms with Crippen LogP contribution in [-0.2, 0) is 16.1 Å². The first kappa shape index (κ1) is 24.7. The molecule has 2 N–H and O–H groups in total. The Morgan fingerprint density at radius 1 is 1.30 bits per heavy atom. The van der Waals surface area contributed by atoms with E-state index in [0.29, 0.717) is 30.7 Å². The Morgan fingerprint density at radius 3 is 2.65 bits per heavy atom. The molecule has 2 amide bonds. The van der Waals surface area contributed by atoms with Crippen molar-refractivity contribution in [1.29, 1.82) is 0 Å². The van der Waals surface area contributed by atoms with Gasteiger partial charge in [-0.15, -0.1) is 0 Å². The molecule has 0 aliphatic carbocycles. The number of nitrogens with zero attached hydrogens (tertiary/aromatic N) is 3. The SMILES string of the molecule is CCC1=NO[C@@]2(CC[C@H](C)N3C[C@H]2n2cc(C(=O)NCc4c(F)cc(C)cc4F)c(=O)c(O)c2C3=O)O1. The molecule has 37 heavy (non-hydrogen) atoms. The van der Waals surface area contributed by atoms with E-state index in [0.717, 1.165) is 18.3 Å². The highest BCUT2D eigenvalue weighted by atomic mass is 19.1. The third-order valence-corrected chi connectivity index (χ3v) is 7.18. The lowest BCUT2D eigenvalue weighted by Crippen LogP contribution is -2.53. The summed E-state index contributed by atoms with van der Waals surface area (Å²) in [6.07, 6.45) is 2.49. The standard InChI is InChI=1S/C25H26F2N4O6/c1-4-19-29-37-25(36-19)6-5-13(3)30-11-18(25)31-10-15(21(32)22(33)20(31)24(30)35)23(34)28-9-14-16(26)7-12(2)8-17(14)27/h7-8,10,13,18,33H,4-6,9,11H2,1-3H3,(H,28,34)/t13-,18+,25+/m0/s1. The van der Waals surface area contributed by atoms with E-state index in [1.54, 1.807) is 0 Å². The topological polar surface area (TPSA) is 122 Å². The van der Waals surface area contributed by atoms with Gasteiger partial charge in [-0.05, 0) is 43.1 Å². The minimum absolute atomic E-state index is 0.128. The molecule has 196 valence electrons. The molecule has 0 unspecified atom stereocenters. The third-order valence-electron chi connectivity index (χ3n) is 7.18. The van der Waals surface area contributed by atoms with Crippen molar-refractivity contribution in [2.24, 2.45) is 5.16 Å². The molecule has 4 heterocycles. The van der Waals surface area contributed by atoms with Crippen molar-refractivity contribution in [2.45, 2.75) is 64.4 Å². The van der Waals surface area contributed by atoms with Crippen LogP contribution < -0.4 is 10.7 Å². The summed E-state index contributed by atoms with van der Waals surface area (Å²) in [6.45, 7) is 4.82. The predicted octanol–water partition coefficient (Wildman–Crippen LogP) is 2.72. The highest BCUT2D eigenvalue weighted by molar-refractivity contribution is 5.99. The molecule has 1 saturated heterocycles. The summed E-state index contributed by atoms with van der Waals surface area (Å²) in [4.78, 5) is 46.6. The van der Waals surface area contributed by atoms with Crippen molar-refractivity contribution in [3.05, 3.63) is 62.6 Å². The number of aryl methyl sites for hydroxylation is 1. The predicted molar refractivity (Wildman–Crippen MR) is 126 cm³/mol. The zero-order chi connectivity index (χ0) is 26.6. The van der Waals surface area contributed by atoms with Gasteiger partial charge in [-0.1, -0.05) is 6.92 Å². The van der Waals surface area contributed by atoms with Crippen molar-refractivity contribution in [2.75, 3.05) is 6.54 Å². The average Bonchev–Trinajstić information content (AvgIpc) is 3.23. The van der Waals surface area contributed by atoms with E-state index in [-0.39, 0.29) is 23.8 Å². The number of rotatable bonds is 4. The van der Waals surface area contributed by atoms with E-state index < -0.39 is 58.6 Å². The molecule has 2 aromatic rings. The van der Waals surface area contributed by atoms with Crippen LogP contribution in [0.1, 0.15) is 71.1 Å². The van der Waals surface area contributed by atoms with Crippen LogP contribution in [0.3, 0.4) is 0 Å². The summed E-state index contributed by atoms with van der Waals surface area (Å²) in [5.74, 6) is -5.08. The fourth-order valence-electron chi connectivity index (χ4n) is 5.09. The van der Waals surface area contributed by atoms with Crippen LogP contribution in [0.5, 0.6) is 5.75 Å². The monoisotopic (exact) mass is 516 g/mol. The zero-order valence-corrected chi connectivity index (χ0v) is 20.5. The van der Waals surface area contributed by atoms with Gasteiger partial charge >= 0.3 is 0 Å². The number of amides is 2. The minimum Gasteiger partial charge on any atom is -0.503 e. The number of halogens is 2. The van der Waals surface area contributed by atoms with Gasteiger partial charge in [0, 0.05) is 43.7 Å². The number of oxime groups is 1. The van der Waals surface area contributed by atoms with Crippen molar-refractivity contribution >= 4 is 17.7 Å². The van der Waals surface area contributed by atoms with Crippen molar-refractivity contribution in [3.8, 4) is 5.75 Å². The molecule has 3 atom stereocenters. The first-order chi connectivity index (χ1) is 17.6. The van der Waals surface area contributed by atoms with Crippen LogP contribution in [-0.4, -0.2) is 50.7 Å². The van der Waals surface area contributed by atoms with E-state index in [9.17, 15) is 28.3 Å². The second-order valence-corrected chi connectivity index (χ2v) is 9.57. The van der Waals surface area contributed by atoms with Gasteiger partial charge in [0.25, 0.3) is 17.6 Å². The number of pyridine rings is 1. The number of ether oxygens (including phenoxy) is 1. The summed E-state index contributed by atoms with van der Waals surface area (Å²) in [6, 6.07) is 1.27.